The number of aromatic hydroxyl groups is 1. The number of nitrogens with one attached hydrogen (secondary N) is 1. The molecule has 1 heterocycles. The average molecular weight is 387 g/mol. The zero-order chi connectivity index (χ0) is 19.6. The standard InChI is InChI=1S/C20H19ClN2O4/c1-3-10-23-15-7-5-4-6-13(15)18(24)17(20(23)26)19(25)22-14-9-8-12(21)11-16(14)27-2/h4-9,11,24H,3,10H2,1-2H3,(H,22,25). The first kappa shape index (κ1) is 18.8. The highest BCUT2D eigenvalue weighted by Crippen LogP contribution is 2.30. The summed E-state index contributed by atoms with van der Waals surface area (Å²) in [5, 5.41) is 14.1. The molecular formula is C20H19ClN2O4. The van der Waals surface area contributed by atoms with E-state index in [1.165, 1.54) is 11.7 Å². The van der Waals surface area contributed by atoms with Crippen LogP contribution in [0.25, 0.3) is 10.9 Å². The molecule has 1 amide bonds. The molecule has 0 unspecified atom stereocenters. The molecule has 0 fully saturated rings. The van der Waals surface area contributed by atoms with E-state index >= 15 is 0 Å². The minimum Gasteiger partial charge on any atom is -0.506 e. The number of aryl methyl sites for hydroxylation is 1. The highest BCUT2D eigenvalue weighted by atomic mass is 35.5. The summed E-state index contributed by atoms with van der Waals surface area (Å²) in [5.74, 6) is -0.702. The first-order valence-electron chi connectivity index (χ1n) is 8.47. The first-order valence-corrected chi connectivity index (χ1v) is 8.85. The van der Waals surface area contributed by atoms with Gasteiger partial charge in [0, 0.05) is 23.0 Å². The lowest BCUT2D eigenvalue weighted by molar-refractivity contribution is 0.102. The van der Waals surface area contributed by atoms with Crippen LogP contribution in [0.5, 0.6) is 11.5 Å². The Kier molecular flexibility index (Phi) is 5.37. The fourth-order valence-corrected chi connectivity index (χ4v) is 3.16. The van der Waals surface area contributed by atoms with E-state index in [1.807, 2.05) is 6.92 Å². The molecule has 6 nitrogen and oxygen atoms in total. The Labute approximate surface area is 161 Å². The Hall–Kier alpha value is -2.99. The lowest BCUT2D eigenvalue weighted by Crippen LogP contribution is -2.30. The van der Waals surface area contributed by atoms with Crippen LogP contribution in [-0.2, 0) is 6.54 Å². The highest BCUT2D eigenvalue weighted by Gasteiger charge is 2.22. The second-order valence-electron chi connectivity index (χ2n) is 6.00. The topological polar surface area (TPSA) is 80.6 Å². The molecule has 2 aromatic carbocycles. The van der Waals surface area contributed by atoms with Crippen LogP contribution in [-0.4, -0.2) is 22.7 Å². The second-order valence-corrected chi connectivity index (χ2v) is 6.43. The molecule has 0 spiro atoms. The molecule has 140 valence electrons. The Balaban J connectivity index is 2.14. The third kappa shape index (κ3) is 3.48. The molecule has 27 heavy (non-hydrogen) atoms. The number of halogens is 1. The summed E-state index contributed by atoms with van der Waals surface area (Å²) in [5.41, 5.74) is 0.0843. The number of aromatic nitrogens is 1. The van der Waals surface area contributed by atoms with Crippen molar-refractivity contribution in [1.29, 1.82) is 0 Å². The van der Waals surface area contributed by atoms with Crippen LogP contribution in [0.3, 0.4) is 0 Å². The van der Waals surface area contributed by atoms with E-state index in [0.717, 1.165) is 0 Å². The van der Waals surface area contributed by atoms with Crippen LogP contribution in [0.4, 0.5) is 5.69 Å². The molecule has 0 radical (unpaired) electrons. The molecular weight excluding hydrogens is 368 g/mol. The number of amides is 1. The number of benzene rings is 2. The van der Waals surface area contributed by atoms with Crippen LogP contribution in [0, 0.1) is 0 Å². The number of para-hydroxylation sites is 1. The van der Waals surface area contributed by atoms with Gasteiger partial charge in [-0.3, -0.25) is 9.59 Å². The molecule has 0 atom stereocenters. The molecule has 0 aliphatic carbocycles. The van der Waals surface area contributed by atoms with Gasteiger partial charge < -0.3 is 19.7 Å². The predicted octanol–water partition coefficient (Wildman–Crippen LogP) is 4.03. The fraction of sp³-hybridized carbons (Fsp3) is 0.200. The van der Waals surface area contributed by atoms with Crippen molar-refractivity contribution < 1.29 is 14.6 Å². The number of anilines is 1. The van der Waals surface area contributed by atoms with Gasteiger partial charge in [0.2, 0.25) is 0 Å². The Morgan fingerprint density at radius 3 is 2.70 bits per heavy atom. The van der Waals surface area contributed by atoms with Crippen molar-refractivity contribution in [2.45, 2.75) is 19.9 Å². The van der Waals surface area contributed by atoms with Gasteiger partial charge in [0.15, 0.2) is 0 Å². The van der Waals surface area contributed by atoms with Gasteiger partial charge in [-0.2, -0.15) is 0 Å². The number of fused-ring (bicyclic) bond motifs is 1. The summed E-state index contributed by atoms with van der Waals surface area (Å²) < 4.78 is 6.71. The van der Waals surface area contributed by atoms with Crippen molar-refractivity contribution in [2.24, 2.45) is 0 Å². The lowest BCUT2D eigenvalue weighted by Gasteiger charge is -2.15. The molecule has 1 aromatic heterocycles. The number of carbonyl (C=O) groups is 1. The number of carbonyl (C=O) groups excluding carboxylic acids is 1. The monoisotopic (exact) mass is 386 g/mol. The summed E-state index contributed by atoms with van der Waals surface area (Å²) in [6.45, 7) is 2.37. The largest absolute Gasteiger partial charge is 0.506 e. The number of hydrogen-bond acceptors (Lipinski definition) is 4. The Morgan fingerprint density at radius 1 is 1.26 bits per heavy atom. The molecule has 0 saturated carbocycles. The van der Waals surface area contributed by atoms with Gasteiger partial charge in [-0.05, 0) is 30.7 Å². The molecule has 0 aliphatic heterocycles. The number of rotatable bonds is 5. The maximum absolute atomic E-state index is 12.9. The quantitative estimate of drug-likeness (QED) is 0.693. The summed E-state index contributed by atoms with van der Waals surface area (Å²) >= 11 is 5.93. The number of ether oxygens (including phenoxy) is 1. The van der Waals surface area contributed by atoms with Gasteiger partial charge in [0.05, 0.1) is 18.3 Å². The van der Waals surface area contributed by atoms with Crippen molar-refractivity contribution in [3.8, 4) is 11.5 Å². The van der Waals surface area contributed by atoms with Gasteiger partial charge in [0.25, 0.3) is 11.5 Å². The molecule has 3 aromatic rings. The third-order valence-electron chi connectivity index (χ3n) is 4.23. The molecule has 3 rings (SSSR count). The fourth-order valence-electron chi connectivity index (χ4n) is 2.99. The summed E-state index contributed by atoms with van der Waals surface area (Å²) in [6, 6.07) is 11.7. The van der Waals surface area contributed by atoms with E-state index in [2.05, 4.69) is 5.32 Å². The molecule has 2 N–H and O–H groups in total. The number of hydrogen-bond donors (Lipinski definition) is 2. The van der Waals surface area contributed by atoms with Crippen LogP contribution in [0.2, 0.25) is 5.02 Å². The van der Waals surface area contributed by atoms with Crippen molar-refractivity contribution >= 4 is 34.1 Å². The molecule has 0 aliphatic rings. The van der Waals surface area contributed by atoms with Crippen LogP contribution >= 0.6 is 11.6 Å². The number of pyridine rings is 1. The van der Waals surface area contributed by atoms with E-state index in [1.54, 1.807) is 42.5 Å². The zero-order valence-electron chi connectivity index (χ0n) is 15.0. The maximum atomic E-state index is 12.9. The van der Waals surface area contributed by atoms with Gasteiger partial charge in [-0.25, -0.2) is 0 Å². The van der Waals surface area contributed by atoms with Crippen LogP contribution < -0.4 is 15.6 Å². The van der Waals surface area contributed by atoms with E-state index in [9.17, 15) is 14.7 Å². The Bertz CT molecular complexity index is 1080. The SMILES string of the molecule is CCCn1c(=O)c(C(=O)Nc2ccc(Cl)cc2OC)c(O)c2ccccc21. The average Bonchev–Trinajstić information content (AvgIpc) is 2.66. The predicted molar refractivity (Wildman–Crippen MR) is 106 cm³/mol. The van der Waals surface area contributed by atoms with Crippen molar-refractivity contribution in [3.63, 3.8) is 0 Å². The summed E-state index contributed by atoms with van der Waals surface area (Å²) in [6.07, 6.45) is 0.709. The molecule has 0 saturated heterocycles. The van der Waals surface area contributed by atoms with Gasteiger partial charge >= 0.3 is 0 Å². The van der Waals surface area contributed by atoms with Crippen LogP contribution in [0.1, 0.15) is 23.7 Å². The van der Waals surface area contributed by atoms with Gasteiger partial charge in [0.1, 0.15) is 17.1 Å². The lowest BCUT2D eigenvalue weighted by atomic mass is 10.1. The smallest absolute Gasteiger partial charge is 0.267 e. The Morgan fingerprint density at radius 2 is 2.00 bits per heavy atom. The van der Waals surface area contributed by atoms with E-state index in [-0.39, 0.29) is 11.3 Å². The van der Waals surface area contributed by atoms with Crippen molar-refractivity contribution in [1.82, 2.24) is 4.57 Å². The van der Waals surface area contributed by atoms with E-state index in [0.29, 0.717) is 40.3 Å². The number of methoxy groups -OCH3 is 1. The summed E-state index contributed by atoms with van der Waals surface area (Å²) in [4.78, 5) is 25.8. The van der Waals surface area contributed by atoms with E-state index < -0.39 is 11.5 Å². The minimum atomic E-state index is -0.714. The normalized spacial score (nSPS) is 10.8. The molecule has 7 heteroatoms. The zero-order valence-corrected chi connectivity index (χ0v) is 15.7. The maximum Gasteiger partial charge on any atom is 0.267 e. The van der Waals surface area contributed by atoms with E-state index in [4.69, 9.17) is 16.3 Å². The second kappa shape index (κ2) is 7.72. The van der Waals surface area contributed by atoms with Crippen LogP contribution in [0.15, 0.2) is 47.3 Å². The third-order valence-corrected chi connectivity index (χ3v) is 4.47. The van der Waals surface area contributed by atoms with Crippen molar-refractivity contribution in [2.75, 3.05) is 12.4 Å². The van der Waals surface area contributed by atoms with Crippen molar-refractivity contribution in [3.05, 3.63) is 63.4 Å². The number of nitrogens with zero attached hydrogens (tertiary/aromatic N) is 1. The summed E-state index contributed by atoms with van der Waals surface area (Å²) in [7, 11) is 1.45. The molecule has 0 bridgehead atoms. The first-order chi connectivity index (χ1) is 13.0. The van der Waals surface area contributed by atoms with Gasteiger partial charge in [-0.15, -0.1) is 0 Å². The highest BCUT2D eigenvalue weighted by molar-refractivity contribution is 6.30. The minimum absolute atomic E-state index is 0.306. The van der Waals surface area contributed by atoms with Gasteiger partial charge in [-0.1, -0.05) is 30.7 Å².